The zero-order valence-electron chi connectivity index (χ0n) is 11.3. The number of halogens is 1. The van der Waals surface area contributed by atoms with E-state index in [1.165, 1.54) is 12.1 Å². The quantitative estimate of drug-likeness (QED) is 0.865. The monoisotopic (exact) mass is 286 g/mol. The molecule has 0 amide bonds. The summed E-state index contributed by atoms with van der Waals surface area (Å²) in [4.78, 5) is 0.0181. The highest BCUT2D eigenvalue weighted by atomic mass is 32.2. The van der Waals surface area contributed by atoms with Crippen molar-refractivity contribution in [2.24, 2.45) is 5.41 Å². The summed E-state index contributed by atoms with van der Waals surface area (Å²) in [7, 11) is -1.95. The minimum absolute atomic E-state index is 0.0104. The van der Waals surface area contributed by atoms with Gasteiger partial charge in [0.05, 0.1) is 4.90 Å². The van der Waals surface area contributed by atoms with Gasteiger partial charge in [-0.25, -0.2) is 17.5 Å². The van der Waals surface area contributed by atoms with Crippen LogP contribution in [0.4, 0.5) is 4.39 Å². The predicted molar refractivity (Wildman–Crippen MR) is 71.7 cm³/mol. The maximum Gasteiger partial charge on any atom is 0.241 e. The van der Waals surface area contributed by atoms with E-state index in [2.05, 4.69) is 10.0 Å². The third-order valence-corrected chi connectivity index (χ3v) is 5.05. The zero-order chi connectivity index (χ0) is 14.3. The molecule has 106 valence electrons. The van der Waals surface area contributed by atoms with Gasteiger partial charge in [-0.1, -0.05) is 19.9 Å². The van der Waals surface area contributed by atoms with Gasteiger partial charge in [0, 0.05) is 12.6 Å². The molecule has 1 aliphatic rings. The maximum atomic E-state index is 13.3. The summed E-state index contributed by atoms with van der Waals surface area (Å²) in [6.07, 6.45) is 0.808. The first-order chi connectivity index (χ1) is 8.76. The fraction of sp³-hybridized carbons (Fsp3) is 0.538. The number of benzene rings is 1. The summed E-state index contributed by atoms with van der Waals surface area (Å²) < 4.78 is 40.6. The van der Waals surface area contributed by atoms with E-state index in [-0.39, 0.29) is 16.4 Å². The van der Waals surface area contributed by atoms with Crippen LogP contribution in [0, 0.1) is 11.2 Å². The Balaban J connectivity index is 2.31. The molecule has 0 aromatic heterocycles. The van der Waals surface area contributed by atoms with Crippen molar-refractivity contribution in [1.82, 2.24) is 10.0 Å². The molecule has 0 saturated heterocycles. The zero-order valence-corrected chi connectivity index (χ0v) is 12.1. The molecule has 0 heterocycles. The molecule has 1 aromatic carbocycles. The fourth-order valence-electron chi connectivity index (χ4n) is 2.03. The molecule has 1 fully saturated rings. The van der Waals surface area contributed by atoms with E-state index in [1.807, 2.05) is 13.8 Å². The van der Waals surface area contributed by atoms with E-state index >= 15 is 0 Å². The Hall–Kier alpha value is -0.980. The van der Waals surface area contributed by atoms with Gasteiger partial charge in [-0.15, -0.1) is 0 Å². The van der Waals surface area contributed by atoms with Gasteiger partial charge in [-0.2, -0.15) is 0 Å². The van der Waals surface area contributed by atoms with Crippen molar-refractivity contribution < 1.29 is 12.8 Å². The van der Waals surface area contributed by atoms with Crippen LogP contribution >= 0.6 is 0 Å². The van der Waals surface area contributed by atoms with Crippen LogP contribution in [-0.4, -0.2) is 21.5 Å². The van der Waals surface area contributed by atoms with E-state index in [9.17, 15) is 12.8 Å². The van der Waals surface area contributed by atoms with Gasteiger partial charge < -0.3 is 5.32 Å². The first-order valence-electron chi connectivity index (χ1n) is 6.21. The van der Waals surface area contributed by atoms with Crippen LogP contribution in [0.3, 0.4) is 0 Å². The Morgan fingerprint density at radius 1 is 1.42 bits per heavy atom. The summed E-state index contributed by atoms with van der Waals surface area (Å²) in [6, 6.07) is 3.78. The summed E-state index contributed by atoms with van der Waals surface area (Å²) in [6.45, 7) is 4.38. The highest BCUT2D eigenvalue weighted by Crippen LogP contribution is 2.45. The molecule has 0 spiro atoms. The molecular formula is C13H19FN2O2S. The molecule has 2 N–H and O–H groups in total. The predicted octanol–water partition coefficient (Wildman–Crippen LogP) is 1.62. The molecule has 19 heavy (non-hydrogen) atoms. The second-order valence-electron chi connectivity index (χ2n) is 5.65. The van der Waals surface area contributed by atoms with Gasteiger partial charge in [0.1, 0.15) is 5.82 Å². The normalized spacial score (nSPS) is 21.4. The van der Waals surface area contributed by atoms with Gasteiger partial charge in [-0.3, -0.25) is 0 Å². The van der Waals surface area contributed by atoms with Crippen LogP contribution in [0.2, 0.25) is 0 Å². The number of rotatable bonds is 5. The molecule has 4 nitrogen and oxygen atoms in total. The Kier molecular flexibility index (Phi) is 3.68. The molecule has 0 radical (unpaired) electrons. The second-order valence-corrected chi connectivity index (χ2v) is 7.33. The molecule has 1 unspecified atom stereocenters. The molecular weight excluding hydrogens is 267 g/mol. The minimum Gasteiger partial charge on any atom is -0.316 e. The van der Waals surface area contributed by atoms with Crippen LogP contribution in [0.15, 0.2) is 23.1 Å². The van der Waals surface area contributed by atoms with Gasteiger partial charge in [0.15, 0.2) is 0 Å². The van der Waals surface area contributed by atoms with Crippen molar-refractivity contribution in [3.8, 4) is 0 Å². The third-order valence-electron chi connectivity index (χ3n) is 3.50. The van der Waals surface area contributed by atoms with E-state index in [1.54, 1.807) is 7.05 Å². The Morgan fingerprint density at radius 3 is 2.58 bits per heavy atom. The summed E-state index contributed by atoms with van der Waals surface area (Å²) in [5.41, 5.74) is 0.554. The van der Waals surface area contributed by atoms with Gasteiger partial charge in [0.2, 0.25) is 10.0 Å². The van der Waals surface area contributed by atoms with Crippen LogP contribution in [-0.2, 0) is 16.6 Å². The second kappa shape index (κ2) is 4.85. The lowest BCUT2D eigenvalue weighted by atomic mass is 10.2. The lowest BCUT2D eigenvalue weighted by Gasteiger charge is -2.12. The van der Waals surface area contributed by atoms with Crippen molar-refractivity contribution in [3.05, 3.63) is 29.6 Å². The van der Waals surface area contributed by atoms with Crippen LogP contribution in [0.1, 0.15) is 25.8 Å². The molecule has 0 bridgehead atoms. The van der Waals surface area contributed by atoms with Gasteiger partial charge in [-0.05, 0) is 36.6 Å². The Morgan fingerprint density at radius 2 is 2.05 bits per heavy atom. The molecule has 1 saturated carbocycles. The summed E-state index contributed by atoms with van der Waals surface area (Å²) >= 11 is 0. The Labute approximate surface area is 113 Å². The number of hydrogen-bond donors (Lipinski definition) is 2. The van der Waals surface area contributed by atoms with Gasteiger partial charge in [0.25, 0.3) is 0 Å². The van der Waals surface area contributed by atoms with Crippen LogP contribution < -0.4 is 10.0 Å². The SMILES string of the molecule is CNCc1ccc(F)cc1S(=O)(=O)NC1CC1(C)C. The van der Waals surface area contributed by atoms with Crippen molar-refractivity contribution in [1.29, 1.82) is 0 Å². The highest BCUT2D eigenvalue weighted by molar-refractivity contribution is 7.89. The largest absolute Gasteiger partial charge is 0.316 e. The number of sulfonamides is 1. The maximum absolute atomic E-state index is 13.3. The summed E-state index contributed by atoms with van der Waals surface area (Å²) in [5.74, 6) is -0.546. The minimum atomic E-state index is -3.67. The lowest BCUT2D eigenvalue weighted by Crippen LogP contribution is -2.30. The van der Waals surface area contributed by atoms with E-state index in [0.29, 0.717) is 12.1 Å². The van der Waals surface area contributed by atoms with Crippen molar-refractivity contribution in [2.45, 2.75) is 37.8 Å². The van der Waals surface area contributed by atoms with Gasteiger partial charge >= 0.3 is 0 Å². The van der Waals surface area contributed by atoms with Crippen LogP contribution in [0.5, 0.6) is 0 Å². The molecule has 1 atom stereocenters. The van der Waals surface area contributed by atoms with E-state index in [0.717, 1.165) is 12.5 Å². The first-order valence-corrected chi connectivity index (χ1v) is 7.70. The molecule has 0 aliphatic heterocycles. The average molecular weight is 286 g/mol. The highest BCUT2D eigenvalue weighted by Gasteiger charge is 2.48. The smallest absolute Gasteiger partial charge is 0.241 e. The molecule has 1 aromatic rings. The standard InChI is InChI=1S/C13H19FN2O2S/c1-13(2)7-12(13)16-19(17,18)11-6-10(14)5-4-9(11)8-15-3/h4-6,12,15-16H,7-8H2,1-3H3. The number of hydrogen-bond acceptors (Lipinski definition) is 3. The van der Waals surface area contributed by atoms with E-state index in [4.69, 9.17) is 0 Å². The van der Waals surface area contributed by atoms with Crippen LogP contribution in [0.25, 0.3) is 0 Å². The van der Waals surface area contributed by atoms with Crippen molar-refractivity contribution >= 4 is 10.0 Å². The van der Waals surface area contributed by atoms with Crippen molar-refractivity contribution in [3.63, 3.8) is 0 Å². The van der Waals surface area contributed by atoms with E-state index < -0.39 is 15.8 Å². The third kappa shape index (κ3) is 3.13. The fourth-order valence-corrected chi connectivity index (χ4v) is 3.69. The number of nitrogens with one attached hydrogen (secondary N) is 2. The Bertz CT molecular complexity index is 584. The summed E-state index contributed by atoms with van der Waals surface area (Å²) in [5, 5.41) is 2.89. The topological polar surface area (TPSA) is 58.2 Å². The average Bonchev–Trinajstić information content (AvgIpc) is 2.87. The molecule has 2 rings (SSSR count). The van der Waals surface area contributed by atoms with Crippen molar-refractivity contribution in [2.75, 3.05) is 7.05 Å². The first kappa shape index (κ1) is 14.4. The lowest BCUT2D eigenvalue weighted by molar-refractivity contribution is 0.551. The molecule has 1 aliphatic carbocycles. The molecule has 6 heteroatoms.